The monoisotopic (exact) mass is 397 g/mol. The van der Waals surface area contributed by atoms with Crippen LogP contribution in [0.15, 0.2) is 45.3 Å². The number of benzene rings is 1. The highest BCUT2D eigenvalue weighted by Crippen LogP contribution is 2.30. The number of halogens is 2. The minimum absolute atomic E-state index is 0.252. The predicted molar refractivity (Wildman–Crippen MR) is 88.2 cm³/mol. The molecule has 4 nitrogen and oxygen atoms in total. The molecule has 20 heavy (non-hydrogen) atoms. The molecule has 0 aliphatic rings. The fraction of sp³-hybridized carbons (Fsp3) is 0.143. The second kappa shape index (κ2) is 6.85. The Bertz CT molecular complexity index is 611. The summed E-state index contributed by atoms with van der Waals surface area (Å²) in [5, 5.41) is 5.92. The van der Waals surface area contributed by atoms with Crippen LogP contribution in [0.3, 0.4) is 0 Å². The normalized spacial score (nSPS) is 10.2. The molecule has 1 amide bonds. The molecular weight excluding hydrogens is 386 g/mol. The second-order valence-electron chi connectivity index (χ2n) is 3.99. The van der Waals surface area contributed by atoms with Crippen LogP contribution < -0.4 is 10.6 Å². The highest BCUT2D eigenvalue weighted by Gasteiger charge is 2.12. The fourth-order valence-corrected chi connectivity index (χ4v) is 2.83. The lowest BCUT2D eigenvalue weighted by molar-refractivity contribution is 0.102. The van der Waals surface area contributed by atoms with E-state index in [1.165, 1.54) is 0 Å². The van der Waals surface area contributed by atoms with Crippen molar-refractivity contribution in [2.75, 3.05) is 17.2 Å². The van der Waals surface area contributed by atoms with Crippen LogP contribution in [0.2, 0.25) is 0 Å². The van der Waals surface area contributed by atoms with Crippen LogP contribution in [0, 0.1) is 0 Å². The van der Waals surface area contributed by atoms with Gasteiger partial charge in [-0.3, -0.25) is 4.79 Å². The van der Waals surface area contributed by atoms with Gasteiger partial charge in [0.1, 0.15) is 11.5 Å². The molecule has 0 saturated carbocycles. The summed E-state index contributed by atoms with van der Waals surface area (Å²) in [7, 11) is 0. The molecule has 2 aromatic rings. The van der Waals surface area contributed by atoms with Gasteiger partial charge in [0.15, 0.2) is 0 Å². The van der Waals surface area contributed by atoms with Crippen molar-refractivity contribution in [2.24, 2.45) is 0 Å². The van der Waals surface area contributed by atoms with Crippen molar-refractivity contribution in [3.8, 4) is 0 Å². The Kier molecular flexibility index (Phi) is 5.14. The van der Waals surface area contributed by atoms with Gasteiger partial charge in [0.2, 0.25) is 0 Å². The summed E-state index contributed by atoms with van der Waals surface area (Å²) in [5.74, 6) is 0.434. The zero-order valence-corrected chi connectivity index (χ0v) is 14.0. The number of nitrogens with zero attached hydrogens (tertiary/aromatic N) is 1. The van der Waals surface area contributed by atoms with E-state index >= 15 is 0 Å². The Labute approximate surface area is 134 Å². The Morgan fingerprint density at radius 1 is 1.15 bits per heavy atom. The number of pyridine rings is 1. The molecule has 2 N–H and O–H groups in total. The third-order valence-electron chi connectivity index (χ3n) is 2.54. The molecule has 1 aromatic carbocycles. The molecular formula is C14H13Br2N3O. The molecule has 1 heterocycles. The van der Waals surface area contributed by atoms with Gasteiger partial charge in [-0.1, -0.05) is 12.1 Å². The predicted octanol–water partition coefficient (Wildman–Crippen LogP) is 4.29. The van der Waals surface area contributed by atoms with Crippen LogP contribution in [0.1, 0.15) is 17.4 Å². The minimum atomic E-state index is -0.252. The van der Waals surface area contributed by atoms with Gasteiger partial charge in [0.25, 0.3) is 5.91 Å². The summed E-state index contributed by atoms with van der Waals surface area (Å²) < 4.78 is 1.62. The summed E-state index contributed by atoms with van der Waals surface area (Å²) in [6.45, 7) is 2.74. The third kappa shape index (κ3) is 3.58. The van der Waals surface area contributed by atoms with E-state index < -0.39 is 0 Å². The highest BCUT2D eigenvalue weighted by molar-refractivity contribution is 9.11. The smallest absolute Gasteiger partial charge is 0.274 e. The lowest BCUT2D eigenvalue weighted by Gasteiger charge is -2.10. The van der Waals surface area contributed by atoms with Crippen molar-refractivity contribution < 1.29 is 4.79 Å². The molecule has 0 aliphatic carbocycles. The van der Waals surface area contributed by atoms with Crippen molar-refractivity contribution in [2.45, 2.75) is 6.92 Å². The number of hydrogen-bond acceptors (Lipinski definition) is 3. The van der Waals surface area contributed by atoms with E-state index in [4.69, 9.17) is 0 Å². The molecule has 0 radical (unpaired) electrons. The number of carbonyl (C=O) groups excluding carboxylic acids is 1. The maximum atomic E-state index is 12.2. The van der Waals surface area contributed by atoms with E-state index in [2.05, 4.69) is 47.5 Å². The number of hydrogen-bond donors (Lipinski definition) is 2. The van der Waals surface area contributed by atoms with Crippen molar-refractivity contribution in [3.05, 3.63) is 51.0 Å². The van der Waals surface area contributed by atoms with Gasteiger partial charge in [0.05, 0.1) is 5.69 Å². The molecule has 0 spiro atoms. The van der Waals surface area contributed by atoms with Crippen LogP contribution in [0.4, 0.5) is 11.5 Å². The largest absolute Gasteiger partial charge is 0.370 e. The number of aromatic nitrogens is 1. The van der Waals surface area contributed by atoms with Gasteiger partial charge in [-0.25, -0.2) is 4.98 Å². The maximum absolute atomic E-state index is 12.2. The summed E-state index contributed by atoms with van der Waals surface area (Å²) in [4.78, 5) is 16.5. The summed E-state index contributed by atoms with van der Waals surface area (Å²) >= 11 is 6.82. The van der Waals surface area contributed by atoms with Crippen molar-refractivity contribution in [1.82, 2.24) is 4.98 Å². The van der Waals surface area contributed by atoms with Crippen LogP contribution in [-0.4, -0.2) is 17.4 Å². The first-order valence-electron chi connectivity index (χ1n) is 6.08. The first-order chi connectivity index (χ1) is 9.61. The first-order valence-corrected chi connectivity index (χ1v) is 7.66. The Morgan fingerprint density at radius 2 is 1.80 bits per heavy atom. The van der Waals surface area contributed by atoms with Crippen molar-refractivity contribution >= 4 is 49.3 Å². The molecule has 0 bridgehead atoms. The van der Waals surface area contributed by atoms with E-state index in [-0.39, 0.29) is 5.91 Å². The van der Waals surface area contributed by atoms with Crippen molar-refractivity contribution in [1.29, 1.82) is 0 Å². The number of nitrogens with one attached hydrogen (secondary N) is 2. The van der Waals surface area contributed by atoms with Crippen LogP contribution >= 0.6 is 31.9 Å². The van der Waals surface area contributed by atoms with Gasteiger partial charge in [-0.05, 0) is 63.0 Å². The van der Waals surface area contributed by atoms with Gasteiger partial charge in [-0.2, -0.15) is 0 Å². The fourth-order valence-electron chi connectivity index (χ4n) is 1.64. The molecule has 0 saturated heterocycles. The topological polar surface area (TPSA) is 54.0 Å². The van der Waals surface area contributed by atoms with Crippen LogP contribution in [0.25, 0.3) is 0 Å². The molecule has 6 heteroatoms. The molecule has 0 unspecified atom stereocenters. The van der Waals surface area contributed by atoms with Gasteiger partial charge in [0, 0.05) is 15.5 Å². The molecule has 0 atom stereocenters. The zero-order chi connectivity index (χ0) is 14.5. The van der Waals surface area contributed by atoms with E-state index in [0.29, 0.717) is 17.2 Å². The highest BCUT2D eigenvalue weighted by atomic mass is 79.9. The summed E-state index contributed by atoms with van der Waals surface area (Å²) in [6, 6.07) is 10.9. The molecule has 2 rings (SSSR count). The Hall–Kier alpha value is -1.40. The average Bonchev–Trinajstić information content (AvgIpc) is 2.43. The molecule has 104 valence electrons. The molecule has 1 aromatic heterocycles. The quantitative estimate of drug-likeness (QED) is 0.807. The van der Waals surface area contributed by atoms with Gasteiger partial charge in [-0.15, -0.1) is 0 Å². The molecule has 0 fully saturated rings. The second-order valence-corrected chi connectivity index (χ2v) is 5.70. The standard InChI is InChI=1S/C14H13Br2N3O/c1-2-17-12-8-4-7-11(18-12)14(20)19-13-9(15)5-3-6-10(13)16/h3-8H,2H2,1H3,(H,17,18)(H,19,20). The number of anilines is 2. The zero-order valence-electron chi connectivity index (χ0n) is 10.8. The summed E-state index contributed by atoms with van der Waals surface area (Å²) in [5.41, 5.74) is 1.05. The van der Waals surface area contributed by atoms with Crippen LogP contribution in [-0.2, 0) is 0 Å². The lowest BCUT2D eigenvalue weighted by atomic mass is 10.3. The number of carbonyl (C=O) groups is 1. The average molecular weight is 399 g/mol. The number of para-hydroxylation sites is 1. The van der Waals surface area contributed by atoms with Crippen LogP contribution in [0.5, 0.6) is 0 Å². The third-order valence-corrected chi connectivity index (χ3v) is 3.86. The van der Waals surface area contributed by atoms with E-state index in [1.54, 1.807) is 12.1 Å². The maximum Gasteiger partial charge on any atom is 0.274 e. The van der Waals surface area contributed by atoms with Gasteiger partial charge >= 0.3 is 0 Å². The van der Waals surface area contributed by atoms with E-state index in [9.17, 15) is 4.79 Å². The first kappa shape index (κ1) is 15.0. The summed E-state index contributed by atoms with van der Waals surface area (Å²) in [6.07, 6.45) is 0. The minimum Gasteiger partial charge on any atom is -0.370 e. The Balaban J connectivity index is 2.22. The molecule has 0 aliphatic heterocycles. The number of amides is 1. The van der Waals surface area contributed by atoms with E-state index in [0.717, 1.165) is 15.5 Å². The van der Waals surface area contributed by atoms with Gasteiger partial charge < -0.3 is 10.6 Å². The van der Waals surface area contributed by atoms with E-state index in [1.807, 2.05) is 31.2 Å². The Morgan fingerprint density at radius 3 is 2.45 bits per heavy atom. The lowest BCUT2D eigenvalue weighted by Crippen LogP contribution is -2.15. The van der Waals surface area contributed by atoms with Crippen molar-refractivity contribution in [3.63, 3.8) is 0 Å². The SMILES string of the molecule is CCNc1cccc(C(=O)Nc2c(Br)cccc2Br)n1. The number of rotatable bonds is 4.